The smallest absolute Gasteiger partial charge is 0.260 e. The van der Waals surface area contributed by atoms with Gasteiger partial charge in [0.1, 0.15) is 5.75 Å². The Balaban J connectivity index is 1.71. The van der Waals surface area contributed by atoms with Crippen molar-refractivity contribution in [1.82, 2.24) is 4.90 Å². The third kappa shape index (κ3) is 4.03. The number of para-hydroxylation sites is 2. The largest absolute Gasteiger partial charge is 0.477 e. The molecule has 136 valence electrons. The summed E-state index contributed by atoms with van der Waals surface area (Å²) in [6.45, 7) is 3.07. The molecule has 6 nitrogen and oxygen atoms in total. The van der Waals surface area contributed by atoms with Crippen LogP contribution >= 0.6 is 0 Å². The van der Waals surface area contributed by atoms with Gasteiger partial charge in [-0.15, -0.1) is 0 Å². The molecule has 3 rings (SSSR count). The first-order valence-corrected chi connectivity index (χ1v) is 8.53. The van der Waals surface area contributed by atoms with Gasteiger partial charge in [-0.25, -0.2) is 0 Å². The fourth-order valence-electron chi connectivity index (χ4n) is 3.00. The van der Waals surface area contributed by atoms with Crippen LogP contribution in [0.4, 0.5) is 5.69 Å². The van der Waals surface area contributed by atoms with Crippen LogP contribution < -0.4 is 15.4 Å². The Kier molecular flexibility index (Phi) is 5.23. The molecular formula is C20H23N3O3. The number of likely N-dealkylation sites (N-methyl/N-ethyl adjacent to an activating group) is 1. The summed E-state index contributed by atoms with van der Waals surface area (Å²) in [4.78, 5) is 28.0. The van der Waals surface area contributed by atoms with E-state index in [-0.39, 0.29) is 19.0 Å². The summed E-state index contributed by atoms with van der Waals surface area (Å²) < 4.78 is 5.60. The molecule has 2 aromatic carbocycles. The van der Waals surface area contributed by atoms with E-state index in [2.05, 4.69) is 24.3 Å². The molecule has 2 N–H and O–H groups in total. The molecule has 1 aliphatic rings. The second-order valence-corrected chi connectivity index (χ2v) is 6.64. The summed E-state index contributed by atoms with van der Waals surface area (Å²) in [6.07, 6.45) is -0.837. The van der Waals surface area contributed by atoms with E-state index >= 15 is 0 Å². The molecular weight excluding hydrogens is 330 g/mol. The number of nitrogens with zero attached hydrogens (tertiary/aromatic N) is 2. The van der Waals surface area contributed by atoms with Crippen LogP contribution in [-0.4, -0.2) is 43.0 Å². The van der Waals surface area contributed by atoms with Crippen LogP contribution in [0.15, 0.2) is 48.5 Å². The summed E-state index contributed by atoms with van der Waals surface area (Å²) in [5.41, 5.74) is 8.40. The Morgan fingerprint density at radius 3 is 2.58 bits per heavy atom. The Morgan fingerprint density at radius 1 is 1.19 bits per heavy atom. The first-order chi connectivity index (χ1) is 12.4. The summed E-state index contributed by atoms with van der Waals surface area (Å²) in [5.74, 6) is -0.177. The van der Waals surface area contributed by atoms with Gasteiger partial charge in [-0.1, -0.05) is 42.0 Å². The van der Waals surface area contributed by atoms with Crippen molar-refractivity contribution in [2.24, 2.45) is 5.73 Å². The standard InChI is InChI=1S/C20H23N3O3/c1-14-7-9-15(10-8-14)11-22(2)13-19(24)23-12-18(20(21)25)26-17-6-4-3-5-16(17)23/h3-10,18H,11-13H2,1-2H3,(H2,21,25)/t18-/m0/s1. The number of aryl methyl sites for hydroxylation is 1. The van der Waals surface area contributed by atoms with Crippen LogP contribution in [0.3, 0.4) is 0 Å². The molecule has 1 atom stereocenters. The Labute approximate surface area is 153 Å². The average Bonchev–Trinajstić information content (AvgIpc) is 2.62. The number of amides is 2. The lowest BCUT2D eigenvalue weighted by atomic mass is 10.1. The fraction of sp³-hybridized carbons (Fsp3) is 0.300. The molecule has 0 spiro atoms. The second-order valence-electron chi connectivity index (χ2n) is 6.64. The predicted molar refractivity (Wildman–Crippen MR) is 99.9 cm³/mol. The van der Waals surface area contributed by atoms with Crippen molar-refractivity contribution >= 4 is 17.5 Å². The van der Waals surface area contributed by atoms with Gasteiger partial charge in [-0.2, -0.15) is 0 Å². The highest BCUT2D eigenvalue weighted by Crippen LogP contribution is 2.33. The van der Waals surface area contributed by atoms with E-state index in [4.69, 9.17) is 10.5 Å². The fourth-order valence-corrected chi connectivity index (χ4v) is 3.00. The number of hydrogen-bond acceptors (Lipinski definition) is 4. The maximum Gasteiger partial charge on any atom is 0.260 e. The lowest BCUT2D eigenvalue weighted by molar-refractivity contribution is -0.125. The van der Waals surface area contributed by atoms with Crippen molar-refractivity contribution in [2.75, 3.05) is 25.0 Å². The van der Waals surface area contributed by atoms with Gasteiger partial charge in [0.15, 0.2) is 6.10 Å². The van der Waals surface area contributed by atoms with Gasteiger partial charge in [0.25, 0.3) is 5.91 Å². The second kappa shape index (κ2) is 7.58. The molecule has 0 unspecified atom stereocenters. The van der Waals surface area contributed by atoms with E-state index in [1.54, 1.807) is 17.0 Å². The van der Waals surface area contributed by atoms with E-state index < -0.39 is 12.0 Å². The van der Waals surface area contributed by atoms with Crippen molar-refractivity contribution in [3.8, 4) is 5.75 Å². The number of carbonyl (C=O) groups excluding carboxylic acids is 2. The normalized spacial score (nSPS) is 16.1. The summed E-state index contributed by atoms with van der Waals surface area (Å²) in [7, 11) is 1.90. The third-order valence-electron chi connectivity index (χ3n) is 4.37. The number of anilines is 1. The van der Waals surface area contributed by atoms with Crippen LogP contribution in [0.5, 0.6) is 5.75 Å². The number of primary amides is 1. The lowest BCUT2D eigenvalue weighted by Crippen LogP contribution is -2.51. The molecule has 6 heteroatoms. The van der Waals surface area contributed by atoms with Crippen molar-refractivity contribution in [2.45, 2.75) is 19.6 Å². The van der Waals surface area contributed by atoms with Crippen LogP contribution in [0, 0.1) is 6.92 Å². The highest BCUT2D eigenvalue weighted by Gasteiger charge is 2.32. The molecule has 0 saturated carbocycles. The molecule has 0 aromatic heterocycles. The van der Waals surface area contributed by atoms with E-state index in [1.807, 2.05) is 31.0 Å². The van der Waals surface area contributed by atoms with E-state index in [9.17, 15) is 9.59 Å². The molecule has 0 aliphatic carbocycles. The SMILES string of the molecule is Cc1ccc(CN(C)CC(=O)N2C[C@@H](C(N)=O)Oc3ccccc32)cc1. The molecule has 1 aliphatic heterocycles. The molecule has 2 amide bonds. The van der Waals surface area contributed by atoms with E-state index in [0.29, 0.717) is 18.0 Å². The number of carbonyl (C=O) groups is 2. The van der Waals surface area contributed by atoms with Crippen LogP contribution in [0.1, 0.15) is 11.1 Å². The summed E-state index contributed by atoms with van der Waals surface area (Å²) in [5, 5.41) is 0. The van der Waals surface area contributed by atoms with Crippen LogP contribution in [0.2, 0.25) is 0 Å². The van der Waals surface area contributed by atoms with Crippen LogP contribution in [-0.2, 0) is 16.1 Å². The number of rotatable bonds is 5. The first-order valence-electron chi connectivity index (χ1n) is 8.53. The molecule has 0 radical (unpaired) electrons. The van der Waals surface area contributed by atoms with Gasteiger partial charge in [0.2, 0.25) is 5.91 Å². The van der Waals surface area contributed by atoms with Crippen molar-refractivity contribution in [1.29, 1.82) is 0 Å². The quantitative estimate of drug-likeness (QED) is 0.888. The minimum Gasteiger partial charge on any atom is -0.477 e. The molecule has 0 fully saturated rings. The Bertz CT molecular complexity index is 804. The zero-order valence-electron chi connectivity index (χ0n) is 15.0. The van der Waals surface area contributed by atoms with Gasteiger partial charge < -0.3 is 15.4 Å². The predicted octanol–water partition coefficient (Wildman–Crippen LogP) is 1.71. The van der Waals surface area contributed by atoms with E-state index in [0.717, 1.165) is 5.56 Å². The number of nitrogens with two attached hydrogens (primary N) is 1. The minimum absolute atomic E-state index is 0.0957. The van der Waals surface area contributed by atoms with Gasteiger partial charge in [-0.3, -0.25) is 14.5 Å². The topological polar surface area (TPSA) is 75.9 Å². The number of benzene rings is 2. The van der Waals surface area contributed by atoms with Gasteiger partial charge in [-0.05, 0) is 31.7 Å². The number of fused-ring (bicyclic) bond motifs is 1. The zero-order chi connectivity index (χ0) is 18.7. The summed E-state index contributed by atoms with van der Waals surface area (Å²) >= 11 is 0. The van der Waals surface area contributed by atoms with Crippen molar-refractivity contribution < 1.29 is 14.3 Å². The van der Waals surface area contributed by atoms with Crippen molar-refractivity contribution in [3.63, 3.8) is 0 Å². The maximum absolute atomic E-state index is 12.9. The highest BCUT2D eigenvalue weighted by molar-refractivity contribution is 5.98. The molecule has 1 heterocycles. The molecule has 26 heavy (non-hydrogen) atoms. The number of ether oxygens (including phenoxy) is 1. The van der Waals surface area contributed by atoms with E-state index in [1.165, 1.54) is 5.56 Å². The minimum atomic E-state index is -0.837. The summed E-state index contributed by atoms with van der Waals surface area (Å²) in [6, 6.07) is 15.4. The lowest BCUT2D eigenvalue weighted by Gasteiger charge is -2.34. The molecule has 0 bridgehead atoms. The Morgan fingerprint density at radius 2 is 1.88 bits per heavy atom. The maximum atomic E-state index is 12.9. The number of hydrogen-bond donors (Lipinski definition) is 1. The van der Waals surface area contributed by atoms with Gasteiger partial charge >= 0.3 is 0 Å². The Hall–Kier alpha value is -2.86. The third-order valence-corrected chi connectivity index (χ3v) is 4.37. The highest BCUT2D eigenvalue weighted by atomic mass is 16.5. The average molecular weight is 353 g/mol. The first kappa shape index (κ1) is 17.9. The molecule has 2 aromatic rings. The monoisotopic (exact) mass is 353 g/mol. The molecule has 0 saturated heterocycles. The van der Waals surface area contributed by atoms with Gasteiger partial charge in [0, 0.05) is 6.54 Å². The zero-order valence-corrected chi connectivity index (χ0v) is 15.0. The van der Waals surface area contributed by atoms with Gasteiger partial charge in [0.05, 0.1) is 18.8 Å². The van der Waals surface area contributed by atoms with Crippen LogP contribution in [0.25, 0.3) is 0 Å². The van der Waals surface area contributed by atoms with Crippen molar-refractivity contribution in [3.05, 3.63) is 59.7 Å².